The molecule has 5 rings (SSSR count). The first kappa shape index (κ1) is 25.7. The third-order valence-electron chi connectivity index (χ3n) is 9.06. The van der Waals surface area contributed by atoms with Crippen LogP contribution in [0.3, 0.4) is 0 Å². The van der Waals surface area contributed by atoms with E-state index in [0.29, 0.717) is 24.8 Å². The Labute approximate surface area is 216 Å². The molecular weight excluding hydrogens is 452 g/mol. The summed E-state index contributed by atoms with van der Waals surface area (Å²) >= 11 is 0. The molecule has 1 aromatic heterocycles. The van der Waals surface area contributed by atoms with Crippen LogP contribution >= 0.6 is 0 Å². The largest absolute Gasteiger partial charge is 0.341 e. The predicted octanol–water partition coefficient (Wildman–Crippen LogP) is 3.23. The van der Waals surface area contributed by atoms with E-state index in [1.807, 2.05) is 4.90 Å². The summed E-state index contributed by atoms with van der Waals surface area (Å²) in [4.78, 5) is 42.5. The highest BCUT2D eigenvalue weighted by Crippen LogP contribution is 2.29. The summed E-state index contributed by atoms with van der Waals surface area (Å²) in [7, 11) is 0. The smallest absolute Gasteiger partial charge is 0.252 e. The van der Waals surface area contributed by atoms with Crippen LogP contribution < -0.4 is 10.5 Å². The number of aromatic amines is 1. The van der Waals surface area contributed by atoms with Gasteiger partial charge in [-0.3, -0.25) is 24.4 Å². The number of nitrogens with one attached hydrogen (secondary N) is 1. The molecule has 2 saturated heterocycles. The molecule has 2 aliphatic heterocycles. The molecule has 4 fully saturated rings. The molecular formula is C28H46N6O2. The number of carbonyl (C=O) groups excluding carboxylic acids is 1. The van der Waals surface area contributed by atoms with Gasteiger partial charge in [0.25, 0.3) is 5.56 Å². The summed E-state index contributed by atoms with van der Waals surface area (Å²) in [6.07, 6.45) is 14.8. The van der Waals surface area contributed by atoms with Gasteiger partial charge >= 0.3 is 0 Å². The average molecular weight is 499 g/mol. The second-order valence-corrected chi connectivity index (χ2v) is 11.6. The molecule has 2 saturated carbocycles. The van der Waals surface area contributed by atoms with Crippen LogP contribution in [0.5, 0.6) is 0 Å². The number of nitrogens with zero attached hydrogens (tertiary/aromatic N) is 5. The lowest BCUT2D eigenvalue weighted by molar-refractivity contribution is -0.131. The molecule has 0 bridgehead atoms. The number of aromatic nitrogens is 2. The summed E-state index contributed by atoms with van der Waals surface area (Å²) in [5.41, 5.74) is 0.776. The van der Waals surface area contributed by atoms with Gasteiger partial charge in [0.05, 0.1) is 5.69 Å². The van der Waals surface area contributed by atoms with Crippen LogP contribution in [0.4, 0.5) is 5.95 Å². The minimum atomic E-state index is -0.0791. The van der Waals surface area contributed by atoms with Crippen molar-refractivity contribution < 1.29 is 4.79 Å². The first-order valence-electron chi connectivity index (χ1n) is 14.7. The molecule has 8 nitrogen and oxygen atoms in total. The fraction of sp³-hybridized carbons (Fsp3) is 0.821. The van der Waals surface area contributed by atoms with Crippen molar-refractivity contribution in [3.05, 3.63) is 22.1 Å². The van der Waals surface area contributed by atoms with Crippen LogP contribution in [0, 0.1) is 5.92 Å². The second kappa shape index (κ2) is 12.5. The molecule has 200 valence electrons. The SMILES string of the molecule is O=C(CCC1CCCC1)N1CCCN(c2nc(CN3CCN(C4CCCCC4)CC3)cc(=O)[nH]2)CC1. The van der Waals surface area contributed by atoms with Crippen molar-refractivity contribution >= 4 is 11.9 Å². The van der Waals surface area contributed by atoms with E-state index < -0.39 is 0 Å². The topological polar surface area (TPSA) is 75.8 Å². The molecule has 0 atom stereocenters. The Morgan fingerprint density at radius 3 is 2.39 bits per heavy atom. The lowest BCUT2D eigenvalue weighted by Gasteiger charge is -2.40. The lowest BCUT2D eigenvalue weighted by atomic mass is 9.94. The fourth-order valence-corrected chi connectivity index (χ4v) is 6.85. The zero-order valence-corrected chi connectivity index (χ0v) is 22.1. The van der Waals surface area contributed by atoms with Crippen LogP contribution in [0.2, 0.25) is 0 Å². The number of carbonyl (C=O) groups is 1. The van der Waals surface area contributed by atoms with Gasteiger partial charge in [0.2, 0.25) is 11.9 Å². The molecule has 0 radical (unpaired) electrons. The van der Waals surface area contributed by atoms with E-state index in [9.17, 15) is 9.59 Å². The first-order valence-corrected chi connectivity index (χ1v) is 14.7. The average Bonchev–Trinajstić information content (AvgIpc) is 3.30. The van der Waals surface area contributed by atoms with Gasteiger partial charge in [-0.15, -0.1) is 0 Å². The van der Waals surface area contributed by atoms with E-state index in [4.69, 9.17) is 4.98 Å². The zero-order chi connectivity index (χ0) is 24.7. The van der Waals surface area contributed by atoms with Gasteiger partial charge in [-0.2, -0.15) is 0 Å². The number of rotatable bonds is 7. The molecule has 3 heterocycles. The van der Waals surface area contributed by atoms with E-state index in [1.165, 1.54) is 57.8 Å². The van der Waals surface area contributed by atoms with Gasteiger partial charge in [0, 0.05) is 77.4 Å². The maximum absolute atomic E-state index is 12.8. The minimum Gasteiger partial charge on any atom is -0.341 e. The minimum absolute atomic E-state index is 0.0791. The molecule has 0 aromatic carbocycles. The summed E-state index contributed by atoms with van der Waals surface area (Å²) in [5.74, 6) is 1.72. The van der Waals surface area contributed by atoms with E-state index in [1.54, 1.807) is 6.07 Å². The second-order valence-electron chi connectivity index (χ2n) is 11.6. The van der Waals surface area contributed by atoms with Gasteiger partial charge < -0.3 is 9.80 Å². The monoisotopic (exact) mass is 498 g/mol. The molecule has 0 spiro atoms. The Kier molecular flexibility index (Phi) is 8.96. The van der Waals surface area contributed by atoms with Gasteiger partial charge in [-0.05, 0) is 31.6 Å². The normalized spacial score (nSPS) is 23.8. The summed E-state index contributed by atoms with van der Waals surface area (Å²) in [6, 6.07) is 2.44. The van der Waals surface area contributed by atoms with Crippen molar-refractivity contribution in [2.45, 2.75) is 89.6 Å². The van der Waals surface area contributed by atoms with Gasteiger partial charge in [-0.1, -0.05) is 44.9 Å². The van der Waals surface area contributed by atoms with Gasteiger partial charge in [0.1, 0.15) is 0 Å². The van der Waals surface area contributed by atoms with Crippen LogP contribution in [0.15, 0.2) is 10.9 Å². The van der Waals surface area contributed by atoms with Crippen molar-refractivity contribution in [3.63, 3.8) is 0 Å². The van der Waals surface area contributed by atoms with Crippen molar-refractivity contribution in [3.8, 4) is 0 Å². The molecule has 1 amide bonds. The van der Waals surface area contributed by atoms with Crippen molar-refractivity contribution in [1.29, 1.82) is 0 Å². The third-order valence-corrected chi connectivity index (χ3v) is 9.06. The lowest BCUT2D eigenvalue weighted by Crippen LogP contribution is -2.50. The first-order chi connectivity index (χ1) is 17.6. The van der Waals surface area contributed by atoms with E-state index in [2.05, 4.69) is 19.7 Å². The van der Waals surface area contributed by atoms with Gasteiger partial charge in [0.15, 0.2) is 0 Å². The predicted molar refractivity (Wildman–Crippen MR) is 143 cm³/mol. The molecule has 36 heavy (non-hydrogen) atoms. The zero-order valence-electron chi connectivity index (χ0n) is 22.1. The molecule has 1 aromatic rings. The van der Waals surface area contributed by atoms with Gasteiger partial charge in [-0.25, -0.2) is 4.98 Å². The number of H-pyrrole nitrogens is 1. The quantitative estimate of drug-likeness (QED) is 0.622. The Bertz CT molecular complexity index is 900. The van der Waals surface area contributed by atoms with Crippen LogP contribution in [-0.4, -0.2) is 89.0 Å². The number of hydrogen-bond acceptors (Lipinski definition) is 6. The Morgan fingerprint density at radius 2 is 1.61 bits per heavy atom. The van der Waals surface area contributed by atoms with Crippen molar-refractivity contribution in [1.82, 2.24) is 24.7 Å². The van der Waals surface area contributed by atoms with Crippen molar-refractivity contribution in [2.75, 3.05) is 57.3 Å². The molecule has 2 aliphatic carbocycles. The molecule has 4 aliphatic rings. The van der Waals surface area contributed by atoms with E-state index in [0.717, 1.165) is 82.9 Å². The highest BCUT2D eigenvalue weighted by molar-refractivity contribution is 5.76. The standard InChI is InChI=1S/C28H46N6O2/c35-26-21-24(22-31-15-17-32(18-16-31)25-9-2-1-3-10-25)29-28(30-26)34-14-6-13-33(19-20-34)27(36)12-11-23-7-4-5-8-23/h21,23,25H,1-20,22H2,(H,29,30,35). The molecule has 8 heteroatoms. The molecule has 0 unspecified atom stereocenters. The Morgan fingerprint density at radius 1 is 0.861 bits per heavy atom. The maximum Gasteiger partial charge on any atom is 0.252 e. The number of piperazine rings is 1. The Hall–Kier alpha value is -1.93. The van der Waals surface area contributed by atoms with E-state index >= 15 is 0 Å². The summed E-state index contributed by atoms with van der Waals surface area (Å²) in [5, 5.41) is 0. The molecule has 1 N–H and O–H groups in total. The van der Waals surface area contributed by atoms with E-state index in [-0.39, 0.29) is 5.56 Å². The number of hydrogen-bond donors (Lipinski definition) is 1. The van der Waals surface area contributed by atoms with Crippen LogP contribution in [0.25, 0.3) is 0 Å². The number of anilines is 1. The highest BCUT2D eigenvalue weighted by Gasteiger charge is 2.26. The third kappa shape index (κ3) is 6.88. The van der Waals surface area contributed by atoms with Crippen LogP contribution in [0.1, 0.15) is 82.7 Å². The number of amides is 1. The summed E-state index contributed by atoms with van der Waals surface area (Å²) in [6.45, 7) is 8.12. The fourth-order valence-electron chi connectivity index (χ4n) is 6.85. The summed E-state index contributed by atoms with van der Waals surface area (Å²) < 4.78 is 0. The Balaban J connectivity index is 1.12. The van der Waals surface area contributed by atoms with Crippen LogP contribution in [-0.2, 0) is 11.3 Å². The van der Waals surface area contributed by atoms with Crippen molar-refractivity contribution in [2.24, 2.45) is 5.92 Å². The maximum atomic E-state index is 12.8. The highest BCUT2D eigenvalue weighted by atomic mass is 16.2.